The zero-order valence-electron chi connectivity index (χ0n) is 10.3. The third-order valence-electron chi connectivity index (χ3n) is 2.54. The second kappa shape index (κ2) is 4.81. The molecule has 0 spiro atoms. The van der Waals surface area contributed by atoms with Crippen LogP contribution in [0.1, 0.15) is 5.56 Å². The Bertz CT molecular complexity index is 694. The Balaban J connectivity index is 2.33. The summed E-state index contributed by atoms with van der Waals surface area (Å²) in [5.41, 5.74) is 12.8. The monoisotopic (exact) mass is 278 g/mol. The molecular weight excluding hydrogens is 264 g/mol. The zero-order chi connectivity index (χ0) is 14.0. The van der Waals surface area contributed by atoms with E-state index in [0.29, 0.717) is 5.69 Å². The summed E-state index contributed by atoms with van der Waals surface area (Å²) in [7, 11) is -3.89. The molecule has 5 nitrogen and oxygen atoms in total. The van der Waals surface area contributed by atoms with E-state index < -0.39 is 10.1 Å². The highest BCUT2D eigenvalue weighted by molar-refractivity contribution is 7.87. The molecule has 6 heteroatoms. The molecule has 2 aromatic carbocycles. The van der Waals surface area contributed by atoms with Crippen molar-refractivity contribution < 1.29 is 12.6 Å². The van der Waals surface area contributed by atoms with Crippen LogP contribution in [0.4, 0.5) is 11.4 Å². The predicted molar refractivity (Wildman–Crippen MR) is 74.3 cm³/mol. The van der Waals surface area contributed by atoms with E-state index in [9.17, 15) is 8.42 Å². The molecule has 100 valence electrons. The Hall–Kier alpha value is -2.21. The Labute approximate surface area is 111 Å². The van der Waals surface area contributed by atoms with Crippen LogP contribution in [0.15, 0.2) is 47.4 Å². The molecule has 0 unspecified atom stereocenters. The van der Waals surface area contributed by atoms with Crippen molar-refractivity contribution in [2.24, 2.45) is 0 Å². The quantitative estimate of drug-likeness (QED) is 0.660. The summed E-state index contributed by atoms with van der Waals surface area (Å²) in [5, 5.41) is 0. The Morgan fingerprint density at radius 1 is 1.00 bits per heavy atom. The van der Waals surface area contributed by atoms with Gasteiger partial charge in [-0.1, -0.05) is 17.7 Å². The van der Waals surface area contributed by atoms with Crippen LogP contribution in [-0.2, 0) is 10.1 Å². The minimum atomic E-state index is -3.89. The number of hydrogen-bond donors (Lipinski definition) is 2. The number of aryl methyl sites for hydroxylation is 1. The number of benzene rings is 2. The van der Waals surface area contributed by atoms with Crippen LogP contribution >= 0.6 is 0 Å². The van der Waals surface area contributed by atoms with Crippen molar-refractivity contribution >= 4 is 21.5 Å². The summed E-state index contributed by atoms with van der Waals surface area (Å²) in [5.74, 6) is 0.0646. The summed E-state index contributed by atoms with van der Waals surface area (Å²) in [6, 6.07) is 10.8. The van der Waals surface area contributed by atoms with Gasteiger partial charge in [-0.25, -0.2) is 0 Å². The minimum Gasteiger partial charge on any atom is -0.399 e. The van der Waals surface area contributed by atoms with Gasteiger partial charge in [-0.15, -0.1) is 0 Å². The van der Waals surface area contributed by atoms with E-state index in [0.717, 1.165) is 5.56 Å². The maximum atomic E-state index is 12.0. The Morgan fingerprint density at radius 3 is 2.21 bits per heavy atom. The van der Waals surface area contributed by atoms with Crippen LogP contribution < -0.4 is 15.7 Å². The topological polar surface area (TPSA) is 95.4 Å². The molecule has 2 aromatic rings. The molecule has 0 aliphatic heterocycles. The average Bonchev–Trinajstić information content (AvgIpc) is 2.33. The van der Waals surface area contributed by atoms with Crippen LogP contribution in [0.25, 0.3) is 0 Å². The number of rotatable bonds is 3. The van der Waals surface area contributed by atoms with Crippen molar-refractivity contribution in [2.45, 2.75) is 11.8 Å². The first kappa shape index (κ1) is 13.2. The smallest absolute Gasteiger partial charge is 0.339 e. The van der Waals surface area contributed by atoms with E-state index in [1.165, 1.54) is 30.3 Å². The largest absolute Gasteiger partial charge is 0.399 e. The standard InChI is InChI=1S/C13H14N2O3S/c1-9-2-5-11(6-3-9)19(16,17)18-13-7-4-10(14)8-12(13)15/h2-8H,14-15H2,1H3. The molecule has 4 N–H and O–H groups in total. The molecule has 0 aliphatic rings. The highest BCUT2D eigenvalue weighted by Gasteiger charge is 2.17. The van der Waals surface area contributed by atoms with Gasteiger partial charge >= 0.3 is 10.1 Å². The zero-order valence-corrected chi connectivity index (χ0v) is 11.1. The Morgan fingerprint density at radius 2 is 1.63 bits per heavy atom. The number of hydrogen-bond acceptors (Lipinski definition) is 5. The molecule has 0 aliphatic carbocycles. The fourth-order valence-corrected chi connectivity index (χ4v) is 2.47. The van der Waals surface area contributed by atoms with Crippen molar-refractivity contribution in [3.8, 4) is 5.75 Å². The van der Waals surface area contributed by atoms with Crippen LogP contribution in [0.5, 0.6) is 5.75 Å². The van der Waals surface area contributed by atoms with Crippen molar-refractivity contribution in [1.29, 1.82) is 0 Å². The van der Waals surface area contributed by atoms with Gasteiger partial charge in [-0.05, 0) is 37.3 Å². The highest BCUT2D eigenvalue weighted by atomic mass is 32.2. The van der Waals surface area contributed by atoms with E-state index in [-0.39, 0.29) is 16.3 Å². The highest BCUT2D eigenvalue weighted by Crippen LogP contribution is 2.27. The summed E-state index contributed by atoms with van der Waals surface area (Å²) in [4.78, 5) is 0.0781. The van der Waals surface area contributed by atoms with Gasteiger partial charge in [0.2, 0.25) is 0 Å². The summed E-state index contributed by atoms with van der Waals surface area (Å²) >= 11 is 0. The molecule has 19 heavy (non-hydrogen) atoms. The van der Waals surface area contributed by atoms with E-state index in [2.05, 4.69) is 0 Å². The molecule has 0 fully saturated rings. The lowest BCUT2D eigenvalue weighted by Gasteiger charge is -2.09. The van der Waals surface area contributed by atoms with E-state index in [1.807, 2.05) is 6.92 Å². The van der Waals surface area contributed by atoms with E-state index in [1.54, 1.807) is 12.1 Å². The SMILES string of the molecule is Cc1ccc(S(=O)(=O)Oc2ccc(N)cc2N)cc1. The fraction of sp³-hybridized carbons (Fsp3) is 0.0769. The van der Waals surface area contributed by atoms with Gasteiger partial charge in [0.15, 0.2) is 5.75 Å². The summed E-state index contributed by atoms with van der Waals surface area (Å²) in [6.45, 7) is 1.87. The van der Waals surface area contributed by atoms with Gasteiger partial charge in [0, 0.05) is 5.69 Å². The van der Waals surface area contributed by atoms with Gasteiger partial charge in [0.25, 0.3) is 0 Å². The lowest BCUT2D eigenvalue weighted by atomic mass is 10.2. The fourth-order valence-electron chi connectivity index (χ4n) is 1.51. The molecule has 0 atom stereocenters. The van der Waals surface area contributed by atoms with Crippen LogP contribution in [0.2, 0.25) is 0 Å². The molecule has 0 heterocycles. The maximum Gasteiger partial charge on any atom is 0.339 e. The molecule has 0 radical (unpaired) electrons. The van der Waals surface area contributed by atoms with Crippen molar-refractivity contribution in [1.82, 2.24) is 0 Å². The third kappa shape index (κ3) is 2.97. The van der Waals surface area contributed by atoms with Crippen molar-refractivity contribution in [2.75, 3.05) is 11.5 Å². The van der Waals surface area contributed by atoms with Crippen LogP contribution in [0, 0.1) is 6.92 Å². The number of nitrogen functional groups attached to an aromatic ring is 2. The van der Waals surface area contributed by atoms with E-state index in [4.69, 9.17) is 15.7 Å². The van der Waals surface area contributed by atoms with Crippen LogP contribution in [0.3, 0.4) is 0 Å². The molecular formula is C13H14N2O3S. The molecule has 2 rings (SSSR count). The first-order valence-corrected chi connectivity index (χ1v) is 6.95. The van der Waals surface area contributed by atoms with Crippen LogP contribution in [-0.4, -0.2) is 8.42 Å². The Kier molecular flexibility index (Phi) is 3.35. The first-order valence-electron chi connectivity index (χ1n) is 5.54. The van der Waals surface area contributed by atoms with Gasteiger partial charge in [-0.3, -0.25) is 0 Å². The molecule has 0 saturated carbocycles. The molecule has 0 saturated heterocycles. The summed E-state index contributed by atoms with van der Waals surface area (Å²) < 4.78 is 29.1. The molecule has 0 aromatic heterocycles. The van der Waals surface area contributed by atoms with Crippen molar-refractivity contribution in [3.05, 3.63) is 48.0 Å². The van der Waals surface area contributed by atoms with Gasteiger partial charge < -0.3 is 15.7 Å². The third-order valence-corrected chi connectivity index (χ3v) is 3.79. The summed E-state index contributed by atoms with van der Waals surface area (Å²) in [6.07, 6.45) is 0. The normalized spacial score (nSPS) is 11.2. The first-order chi connectivity index (χ1) is 8.88. The number of anilines is 2. The molecule has 0 bridgehead atoms. The minimum absolute atomic E-state index is 0.0646. The van der Waals surface area contributed by atoms with Crippen molar-refractivity contribution in [3.63, 3.8) is 0 Å². The average molecular weight is 278 g/mol. The van der Waals surface area contributed by atoms with Gasteiger partial charge in [0.1, 0.15) is 4.90 Å². The predicted octanol–water partition coefficient (Wildman–Crippen LogP) is 1.93. The second-order valence-corrected chi connectivity index (χ2v) is 5.69. The second-order valence-electron chi connectivity index (χ2n) is 4.15. The maximum absolute atomic E-state index is 12.0. The lowest BCUT2D eigenvalue weighted by molar-refractivity contribution is 0.487. The van der Waals surface area contributed by atoms with Gasteiger partial charge in [0.05, 0.1) is 5.69 Å². The molecule has 0 amide bonds. The lowest BCUT2D eigenvalue weighted by Crippen LogP contribution is -2.11. The van der Waals surface area contributed by atoms with E-state index >= 15 is 0 Å². The number of nitrogens with two attached hydrogens (primary N) is 2. The van der Waals surface area contributed by atoms with Gasteiger partial charge in [-0.2, -0.15) is 8.42 Å².